The van der Waals surface area contributed by atoms with Gasteiger partial charge in [-0.05, 0) is 18.4 Å². The summed E-state index contributed by atoms with van der Waals surface area (Å²) in [6.45, 7) is 3.86. The number of aromatic nitrogens is 1. The highest BCUT2D eigenvalue weighted by Crippen LogP contribution is 2.24. The predicted octanol–water partition coefficient (Wildman–Crippen LogP) is 1.57. The number of hydrogen-bond donors (Lipinski definition) is 2. The number of nitrogens with zero attached hydrogens (tertiary/aromatic N) is 2. The standard InChI is InChI=1S/C12H18N4O4/c1-7(2)6-8(12(17)20-3)14-11-9(16(18)19)4-5-10(13)15-11/h4-5,7-8H,6H2,1-3H3,(H3,13,14,15). The van der Waals surface area contributed by atoms with Crippen molar-refractivity contribution in [1.82, 2.24) is 4.98 Å². The maximum atomic E-state index is 11.7. The van der Waals surface area contributed by atoms with Crippen molar-refractivity contribution in [2.45, 2.75) is 26.3 Å². The number of nitro groups is 1. The van der Waals surface area contributed by atoms with Gasteiger partial charge in [-0.1, -0.05) is 13.8 Å². The monoisotopic (exact) mass is 282 g/mol. The first-order valence-corrected chi connectivity index (χ1v) is 6.10. The van der Waals surface area contributed by atoms with Crippen molar-refractivity contribution in [2.75, 3.05) is 18.2 Å². The Kier molecular flexibility index (Phi) is 5.24. The Labute approximate surface area is 116 Å². The Morgan fingerprint density at radius 3 is 2.70 bits per heavy atom. The second-order valence-corrected chi connectivity index (χ2v) is 4.71. The zero-order valence-electron chi connectivity index (χ0n) is 11.6. The van der Waals surface area contributed by atoms with E-state index in [1.54, 1.807) is 0 Å². The lowest BCUT2D eigenvalue weighted by Crippen LogP contribution is -2.32. The molecule has 1 atom stereocenters. The van der Waals surface area contributed by atoms with Crippen LogP contribution in [0.15, 0.2) is 12.1 Å². The quantitative estimate of drug-likeness (QED) is 0.461. The topological polar surface area (TPSA) is 120 Å². The first kappa shape index (κ1) is 15.7. The molecular formula is C12H18N4O4. The number of nitrogens with one attached hydrogen (secondary N) is 1. The molecule has 1 rings (SSSR count). The van der Waals surface area contributed by atoms with E-state index in [2.05, 4.69) is 15.0 Å². The van der Waals surface area contributed by atoms with E-state index in [9.17, 15) is 14.9 Å². The normalized spacial score (nSPS) is 12.0. The van der Waals surface area contributed by atoms with E-state index >= 15 is 0 Å². The highest BCUT2D eigenvalue weighted by atomic mass is 16.6. The van der Waals surface area contributed by atoms with Crippen LogP contribution in [0.3, 0.4) is 0 Å². The maximum Gasteiger partial charge on any atom is 0.328 e. The third-order valence-corrected chi connectivity index (χ3v) is 2.60. The third-order valence-electron chi connectivity index (χ3n) is 2.60. The van der Waals surface area contributed by atoms with Crippen molar-refractivity contribution in [3.63, 3.8) is 0 Å². The number of esters is 1. The van der Waals surface area contributed by atoms with Crippen molar-refractivity contribution in [3.8, 4) is 0 Å². The fourth-order valence-electron chi connectivity index (χ4n) is 1.71. The van der Waals surface area contributed by atoms with Gasteiger partial charge in [0.1, 0.15) is 11.9 Å². The van der Waals surface area contributed by atoms with Gasteiger partial charge in [0.05, 0.1) is 12.0 Å². The first-order valence-electron chi connectivity index (χ1n) is 6.10. The number of ether oxygens (including phenoxy) is 1. The van der Waals surface area contributed by atoms with Gasteiger partial charge in [0.2, 0.25) is 5.82 Å². The van der Waals surface area contributed by atoms with Crippen molar-refractivity contribution in [3.05, 3.63) is 22.2 Å². The Morgan fingerprint density at radius 2 is 2.20 bits per heavy atom. The van der Waals surface area contributed by atoms with Crippen molar-refractivity contribution >= 4 is 23.3 Å². The molecule has 8 nitrogen and oxygen atoms in total. The van der Waals surface area contributed by atoms with E-state index in [0.29, 0.717) is 6.42 Å². The summed E-state index contributed by atoms with van der Waals surface area (Å²) in [5.74, 6) is -0.207. The zero-order valence-corrected chi connectivity index (χ0v) is 11.6. The minimum atomic E-state index is -0.715. The Bertz CT molecular complexity index is 504. The molecule has 0 aliphatic rings. The summed E-state index contributed by atoms with van der Waals surface area (Å²) in [6, 6.07) is 1.86. The van der Waals surface area contributed by atoms with E-state index in [4.69, 9.17) is 5.73 Å². The lowest BCUT2D eigenvalue weighted by molar-refractivity contribution is -0.384. The van der Waals surface area contributed by atoms with Gasteiger partial charge in [-0.25, -0.2) is 9.78 Å². The van der Waals surface area contributed by atoms with Gasteiger partial charge in [0, 0.05) is 6.07 Å². The molecular weight excluding hydrogens is 264 g/mol. The molecule has 0 aromatic carbocycles. The summed E-state index contributed by atoms with van der Waals surface area (Å²) in [6.07, 6.45) is 0.459. The van der Waals surface area contributed by atoms with Gasteiger partial charge < -0.3 is 15.8 Å². The molecule has 0 spiro atoms. The number of carbonyl (C=O) groups excluding carboxylic acids is 1. The van der Waals surface area contributed by atoms with Crippen LogP contribution in [0.25, 0.3) is 0 Å². The summed E-state index contributed by atoms with van der Waals surface area (Å²) in [7, 11) is 1.26. The molecule has 0 saturated heterocycles. The lowest BCUT2D eigenvalue weighted by Gasteiger charge is -2.18. The molecule has 1 aromatic rings. The summed E-state index contributed by atoms with van der Waals surface area (Å²) in [4.78, 5) is 25.9. The molecule has 3 N–H and O–H groups in total. The lowest BCUT2D eigenvalue weighted by atomic mass is 10.0. The van der Waals surface area contributed by atoms with Gasteiger partial charge in [0.15, 0.2) is 0 Å². The van der Waals surface area contributed by atoms with Gasteiger partial charge in [-0.2, -0.15) is 0 Å². The van der Waals surface area contributed by atoms with Crippen LogP contribution in [-0.2, 0) is 9.53 Å². The van der Waals surface area contributed by atoms with Crippen LogP contribution in [0, 0.1) is 16.0 Å². The Hall–Kier alpha value is -2.38. The number of nitrogens with two attached hydrogens (primary N) is 1. The van der Waals surface area contributed by atoms with Crippen molar-refractivity contribution in [1.29, 1.82) is 0 Å². The van der Waals surface area contributed by atoms with Crippen LogP contribution in [0.2, 0.25) is 0 Å². The number of carbonyl (C=O) groups is 1. The summed E-state index contributed by atoms with van der Waals surface area (Å²) in [5.41, 5.74) is 5.28. The molecule has 0 bridgehead atoms. The number of methoxy groups -OCH3 is 1. The van der Waals surface area contributed by atoms with Gasteiger partial charge in [-0.3, -0.25) is 10.1 Å². The highest BCUT2D eigenvalue weighted by Gasteiger charge is 2.25. The molecule has 0 aliphatic heterocycles. The maximum absolute atomic E-state index is 11.7. The van der Waals surface area contributed by atoms with Crippen LogP contribution in [0.4, 0.5) is 17.3 Å². The molecule has 20 heavy (non-hydrogen) atoms. The fraction of sp³-hybridized carbons (Fsp3) is 0.500. The smallest absolute Gasteiger partial charge is 0.328 e. The Balaban J connectivity index is 3.06. The molecule has 1 heterocycles. The minimum absolute atomic E-state index is 0.0361. The fourth-order valence-corrected chi connectivity index (χ4v) is 1.71. The highest BCUT2D eigenvalue weighted by molar-refractivity contribution is 5.80. The average Bonchev–Trinajstić information content (AvgIpc) is 2.36. The van der Waals surface area contributed by atoms with E-state index in [-0.39, 0.29) is 23.2 Å². The number of rotatable bonds is 6. The zero-order chi connectivity index (χ0) is 15.3. The number of nitrogen functional groups attached to an aromatic ring is 1. The van der Waals surface area contributed by atoms with Crippen LogP contribution >= 0.6 is 0 Å². The van der Waals surface area contributed by atoms with Crippen LogP contribution < -0.4 is 11.1 Å². The van der Waals surface area contributed by atoms with Gasteiger partial charge in [-0.15, -0.1) is 0 Å². The van der Waals surface area contributed by atoms with Gasteiger partial charge >= 0.3 is 11.7 Å². The summed E-state index contributed by atoms with van der Waals surface area (Å²) >= 11 is 0. The predicted molar refractivity (Wildman–Crippen MR) is 74.2 cm³/mol. The summed E-state index contributed by atoms with van der Waals surface area (Å²) < 4.78 is 4.69. The SMILES string of the molecule is COC(=O)C(CC(C)C)Nc1nc(N)ccc1[N+](=O)[O-]. The molecule has 110 valence electrons. The van der Waals surface area contributed by atoms with E-state index in [1.807, 2.05) is 13.8 Å². The molecule has 0 saturated carbocycles. The second kappa shape index (κ2) is 6.69. The van der Waals surface area contributed by atoms with Crippen LogP contribution in [0.5, 0.6) is 0 Å². The largest absolute Gasteiger partial charge is 0.467 e. The minimum Gasteiger partial charge on any atom is -0.467 e. The molecule has 0 fully saturated rings. The summed E-state index contributed by atoms with van der Waals surface area (Å²) in [5, 5.41) is 13.7. The average molecular weight is 282 g/mol. The van der Waals surface area contributed by atoms with E-state index in [1.165, 1.54) is 19.2 Å². The van der Waals surface area contributed by atoms with Gasteiger partial charge in [0.25, 0.3) is 0 Å². The molecule has 0 aliphatic carbocycles. The molecule has 0 radical (unpaired) electrons. The van der Waals surface area contributed by atoms with Crippen molar-refractivity contribution in [2.24, 2.45) is 5.92 Å². The molecule has 8 heteroatoms. The Morgan fingerprint density at radius 1 is 1.55 bits per heavy atom. The van der Waals surface area contributed by atoms with E-state index in [0.717, 1.165) is 0 Å². The molecule has 1 aromatic heterocycles. The van der Waals surface area contributed by atoms with Crippen molar-refractivity contribution < 1.29 is 14.5 Å². The van der Waals surface area contributed by atoms with Crippen LogP contribution in [0.1, 0.15) is 20.3 Å². The second-order valence-electron chi connectivity index (χ2n) is 4.71. The number of anilines is 2. The number of pyridine rings is 1. The number of hydrogen-bond acceptors (Lipinski definition) is 7. The molecule has 0 amide bonds. The molecule has 1 unspecified atom stereocenters. The third kappa shape index (κ3) is 4.08. The van der Waals surface area contributed by atoms with E-state index < -0.39 is 16.9 Å². The van der Waals surface area contributed by atoms with Crippen LogP contribution in [-0.4, -0.2) is 29.0 Å². The first-order chi connectivity index (χ1) is 9.35.